The fourth-order valence-electron chi connectivity index (χ4n) is 3.26. The van der Waals surface area contributed by atoms with Crippen LogP contribution in [0.2, 0.25) is 0 Å². The van der Waals surface area contributed by atoms with Crippen molar-refractivity contribution in [2.24, 2.45) is 11.8 Å². The minimum Gasteiger partial charge on any atom is -0.490 e. The number of carbonyl (C=O) groups excluding carboxylic acids is 1. The first-order valence-corrected chi connectivity index (χ1v) is 8.89. The summed E-state index contributed by atoms with van der Waals surface area (Å²) in [6, 6.07) is 4.80. The first kappa shape index (κ1) is 19.1. The summed E-state index contributed by atoms with van der Waals surface area (Å²) in [6.45, 7) is 4.71. The summed E-state index contributed by atoms with van der Waals surface area (Å²) in [7, 11) is 0. The zero-order valence-corrected chi connectivity index (χ0v) is 14.9. The molecule has 0 saturated heterocycles. The van der Waals surface area contributed by atoms with Gasteiger partial charge in [0.05, 0.1) is 6.61 Å². The van der Waals surface area contributed by atoms with E-state index in [0.717, 1.165) is 18.8 Å². The minimum atomic E-state index is -1.06. The summed E-state index contributed by atoms with van der Waals surface area (Å²) < 4.78 is 10.7. The standard InChI is InChI=1S/C19H27NO5/c1-3-24-17-10-15(7-8-16(17)25-12-18(21)22)19(23)20-11-14-6-4-5-13(2)9-14/h7-8,10,13-14H,3-6,9,11-12H2,1-2H3,(H,20,23)(H,21,22). The van der Waals surface area contributed by atoms with Crippen LogP contribution in [-0.2, 0) is 4.79 Å². The number of aliphatic carboxylic acids is 1. The third-order valence-electron chi connectivity index (χ3n) is 4.45. The SMILES string of the molecule is CCOc1cc(C(=O)NCC2CCCC(C)C2)ccc1OCC(=O)O. The van der Waals surface area contributed by atoms with E-state index in [4.69, 9.17) is 14.6 Å². The maximum atomic E-state index is 12.4. The molecule has 1 amide bonds. The Labute approximate surface area is 148 Å². The second-order valence-corrected chi connectivity index (χ2v) is 6.62. The second kappa shape index (κ2) is 9.30. The molecule has 6 heteroatoms. The molecule has 0 bridgehead atoms. The van der Waals surface area contributed by atoms with Gasteiger partial charge in [0, 0.05) is 12.1 Å². The number of nitrogens with one attached hydrogen (secondary N) is 1. The predicted octanol–water partition coefficient (Wildman–Crippen LogP) is 3.10. The number of ether oxygens (including phenoxy) is 2. The molecule has 0 heterocycles. The lowest BCUT2D eigenvalue weighted by Crippen LogP contribution is -2.31. The van der Waals surface area contributed by atoms with Gasteiger partial charge in [-0.05, 0) is 49.8 Å². The van der Waals surface area contributed by atoms with Crippen molar-refractivity contribution in [2.45, 2.75) is 39.5 Å². The maximum Gasteiger partial charge on any atom is 0.341 e. The van der Waals surface area contributed by atoms with Crippen molar-refractivity contribution < 1.29 is 24.2 Å². The number of hydrogen-bond donors (Lipinski definition) is 2. The Balaban J connectivity index is 1.98. The fraction of sp³-hybridized carbons (Fsp3) is 0.579. The molecule has 1 aliphatic carbocycles. The van der Waals surface area contributed by atoms with Gasteiger partial charge in [0.25, 0.3) is 5.91 Å². The largest absolute Gasteiger partial charge is 0.490 e. The van der Waals surface area contributed by atoms with Crippen molar-refractivity contribution in [1.82, 2.24) is 5.32 Å². The number of carboxylic acid groups (broad SMARTS) is 1. The molecular formula is C19H27NO5. The first-order chi connectivity index (χ1) is 12.0. The van der Waals surface area contributed by atoms with Crippen molar-refractivity contribution in [3.05, 3.63) is 23.8 Å². The highest BCUT2D eigenvalue weighted by molar-refractivity contribution is 5.94. The van der Waals surface area contributed by atoms with Gasteiger partial charge in [-0.3, -0.25) is 4.79 Å². The second-order valence-electron chi connectivity index (χ2n) is 6.62. The summed E-state index contributed by atoms with van der Waals surface area (Å²) in [4.78, 5) is 23.0. The Bertz CT molecular complexity index is 601. The van der Waals surface area contributed by atoms with Crippen molar-refractivity contribution >= 4 is 11.9 Å². The molecule has 0 aliphatic heterocycles. The van der Waals surface area contributed by atoms with Crippen molar-refractivity contribution in [3.63, 3.8) is 0 Å². The Morgan fingerprint density at radius 3 is 2.72 bits per heavy atom. The number of carbonyl (C=O) groups is 2. The van der Waals surface area contributed by atoms with Crippen LogP contribution >= 0.6 is 0 Å². The van der Waals surface area contributed by atoms with Gasteiger partial charge in [0.15, 0.2) is 18.1 Å². The molecule has 138 valence electrons. The normalized spacial score (nSPS) is 19.9. The summed E-state index contributed by atoms with van der Waals surface area (Å²) in [5.41, 5.74) is 0.481. The molecule has 6 nitrogen and oxygen atoms in total. The van der Waals surface area contributed by atoms with E-state index in [0.29, 0.717) is 36.1 Å². The van der Waals surface area contributed by atoms with Crippen molar-refractivity contribution in [3.8, 4) is 11.5 Å². The molecule has 1 saturated carbocycles. The van der Waals surface area contributed by atoms with E-state index in [1.165, 1.54) is 12.8 Å². The number of benzene rings is 1. The summed E-state index contributed by atoms with van der Waals surface area (Å²) in [5, 5.41) is 11.7. The monoisotopic (exact) mass is 349 g/mol. The molecule has 1 aromatic rings. The van der Waals surface area contributed by atoms with Crippen LogP contribution in [-0.4, -0.2) is 36.7 Å². The molecular weight excluding hydrogens is 322 g/mol. The Morgan fingerprint density at radius 1 is 1.24 bits per heavy atom. The molecule has 1 fully saturated rings. The number of rotatable bonds is 8. The highest BCUT2D eigenvalue weighted by atomic mass is 16.5. The molecule has 2 unspecified atom stereocenters. The van der Waals surface area contributed by atoms with E-state index in [1.54, 1.807) is 18.2 Å². The van der Waals surface area contributed by atoms with Crippen LogP contribution in [0.3, 0.4) is 0 Å². The molecule has 25 heavy (non-hydrogen) atoms. The predicted molar refractivity (Wildman–Crippen MR) is 94.2 cm³/mol. The van der Waals surface area contributed by atoms with Crippen LogP contribution in [0.4, 0.5) is 0 Å². The lowest BCUT2D eigenvalue weighted by atomic mass is 9.82. The number of amides is 1. The number of hydrogen-bond acceptors (Lipinski definition) is 4. The summed E-state index contributed by atoms with van der Waals surface area (Å²) in [6.07, 6.45) is 4.83. The van der Waals surface area contributed by atoms with Crippen molar-refractivity contribution in [1.29, 1.82) is 0 Å². The van der Waals surface area contributed by atoms with Crippen LogP contribution in [0, 0.1) is 11.8 Å². The van der Waals surface area contributed by atoms with Gasteiger partial charge in [-0.2, -0.15) is 0 Å². The van der Waals surface area contributed by atoms with Gasteiger partial charge in [0.2, 0.25) is 0 Å². The molecule has 1 aliphatic rings. The average Bonchev–Trinajstić information content (AvgIpc) is 2.58. The van der Waals surface area contributed by atoms with Crippen LogP contribution < -0.4 is 14.8 Å². The molecule has 0 radical (unpaired) electrons. The van der Waals surface area contributed by atoms with Gasteiger partial charge in [-0.25, -0.2) is 4.79 Å². The van der Waals surface area contributed by atoms with Crippen LogP contribution in [0.5, 0.6) is 11.5 Å². The lowest BCUT2D eigenvalue weighted by Gasteiger charge is -2.26. The first-order valence-electron chi connectivity index (χ1n) is 8.89. The minimum absolute atomic E-state index is 0.149. The summed E-state index contributed by atoms with van der Waals surface area (Å²) in [5.74, 6) is 0.752. The third-order valence-corrected chi connectivity index (χ3v) is 4.45. The Kier molecular flexibility index (Phi) is 7.10. The fourth-order valence-corrected chi connectivity index (χ4v) is 3.26. The molecule has 1 aromatic carbocycles. The topological polar surface area (TPSA) is 84.9 Å². The maximum absolute atomic E-state index is 12.4. The highest BCUT2D eigenvalue weighted by Crippen LogP contribution is 2.29. The average molecular weight is 349 g/mol. The smallest absolute Gasteiger partial charge is 0.341 e. The van der Waals surface area contributed by atoms with E-state index in [1.807, 2.05) is 6.92 Å². The van der Waals surface area contributed by atoms with E-state index >= 15 is 0 Å². The summed E-state index contributed by atoms with van der Waals surface area (Å²) >= 11 is 0. The van der Waals surface area contributed by atoms with Gasteiger partial charge >= 0.3 is 5.97 Å². The van der Waals surface area contributed by atoms with Gasteiger partial charge in [0.1, 0.15) is 0 Å². The zero-order chi connectivity index (χ0) is 18.2. The van der Waals surface area contributed by atoms with Crippen LogP contribution in [0.25, 0.3) is 0 Å². The van der Waals surface area contributed by atoms with E-state index < -0.39 is 12.6 Å². The molecule has 0 aromatic heterocycles. The quantitative estimate of drug-likeness (QED) is 0.753. The highest BCUT2D eigenvalue weighted by Gasteiger charge is 2.20. The Morgan fingerprint density at radius 2 is 2.04 bits per heavy atom. The lowest BCUT2D eigenvalue weighted by molar-refractivity contribution is -0.139. The third kappa shape index (κ3) is 5.96. The van der Waals surface area contributed by atoms with Crippen LogP contribution in [0.1, 0.15) is 49.9 Å². The molecule has 0 spiro atoms. The van der Waals surface area contributed by atoms with E-state index in [-0.39, 0.29) is 5.91 Å². The van der Waals surface area contributed by atoms with Gasteiger partial charge < -0.3 is 19.9 Å². The van der Waals surface area contributed by atoms with E-state index in [9.17, 15) is 9.59 Å². The van der Waals surface area contributed by atoms with Gasteiger partial charge in [-0.1, -0.05) is 19.8 Å². The Hall–Kier alpha value is -2.24. The molecule has 2 rings (SSSR count). The zero-order valence-electron chi connectivity index (χ0n) is 14.9. The van der Waals surface area contributed by atoms with E-state index in [2.05, 4.69) is 12.2 Å². The molecule has 2 N–H and O–H groups in total. The van der Waals surface area contributed by atoms with Gasteiger partial charge in [-0.15, -0.1) is 0 Å². The van der Waals surface area contributed by atoms with Crippen LogP contribution in [0.15, 0.2) is 18.2 Å². The number of carboxylic acids is 1. The van der Waals surface area contributed by atoms with Crippen molar-refractivity contribution in [2.75, 3.05) is 19.8 Å². The molecule has 2 atom stereocenters.